The highest BCUT2D eigenvalue weighted by Gasteiger charge is 2.28. The summed E-state index contributed by atoms with van der Waals surface area (Å²) in [5.74, 6) is -0.244. The molecular weight excluding hydrogens is 228 g/mol. The van der Waals surface area contributed by atoms with E-state index in [4.69, 9.17) is 5.26 Å². The number of likely N-dealkylation sites (tertiary alicyclic amines) is 1. The number of piperidine rings is 1. The number of aliphatic hydroxyl groups is 1. The monoisotopic (exact) mass is 250 g/mol. The number of carbonyl (C=O) groups is 1. The first-order valence-electron chi connectivity index (χ1n) is 6.44. The molecule has 1 N–H and O–H groups in total. The summed E-state index contributed by atoms with van der Waals surface area (Å²) < 4.78 is 0. The Bertz CT molecular complexity index is 374. The lowest BCUT2D eigenvalue weighted by Crippen LogP contribution is -2.46. The Balaban J connectivity index is 2.90. The Morgan fingerprint density at radius 2 is 2.17 bits per heavy atom. The van der Waals surface area contributed by atoms with Crippen molar-refractivity contribution in [1.29, 1.82) is 5.26 Å². The van der Waals surface area contributed by atoms with E-state index in [1.54, 1.807) is 11.0 Å². The second-order valence-corrected chi connectivity index (χ2v) is 5.87. The maximum Gasteiger partial charge on any atom is 0.264 e. The van der Waals surface area contributed by atoms with Gasteiger partial charge in [-0.25, -0.2) is 0 Å². The molecule has 1 amide bonds. The second-order valence-electron chi connectivity index (χ2n) is 5.87. The minimum atomic E-state index is -0.244. The summed E-state index contributed by atoms with van der Waals surface area (Å²) in [4.78, 5) is 13.9. The molecule has 0 aromatic heterocycles. The van der Waals surface area contributed by atoms with Gasteiger partial charge in [0, 0.05) is 6.54 Å². The Morgan fingerprint density at radius 3 is 2.67 bits per heavy atom. The molecule has 1 unspecified atom stereocenters. The van der Waals surface area contributed by atoms with Crippen LogP contribution >= 0.6 is 0 Å². The van der Waals surface area contributed by atoms with Crippen LogP contribution in [-0.2, 0) is 4.79 Å². The number of hydrogen-bond donors (Lipinski definition) is 1. The number of nitriles is 1. The molecule has 1 atom stereocenters. The first kappa shape index (κ1) is 14.7. The van der Waals surface area contributed by atoms with Crippen LogP contribution in [0.5, 0.6) is 0 Å². The average Bonchev–Trinajstić information content (AvgIpc) is 2.34. The summed E-state index contributed by atoms with van der Waals surface area (Å²) in [5.41, 5.74) is -0.0200. The van der Waals surface area contributed by atoms with E-state index in [1.165, 1.54) is 0 Å². The number of allylic oxidation sites excluding steroid dienone is 1. The first-order chi connectivity index (χ1) is 8.39. The number of rotatable bonds is 2. The van der Waals surface area contributed by atoms with Crippen LogP contribution in [0.3, 0.4) is 0 Å². The quantitative estimate of drug-likeness (QED) is 0.601. The van der Waals surface area contributed by atoms with Crippen molar-refractivity contribution in [2.45, 2.75) is 46.1 Å². The molecule has 4 nitrogen and oxygen atoms in total. The van der Waals surface area contributed by atoms with Crippen molar-refractivity contribution < 1.29 is 9.90 Å². The minimum absolute atomic E-state index is 0.0278. The third-order valence-corrected chi connectivity index (χ3v) is 3.03. The highest BCUT2D eigenvalue weighted by Crippen LogP contribution is 2.22. The van der Waals surface area contributed by atoms with Crippen LogP contribution < -0.4 is 0 Å². The third-order valence-electron chi connectivity index (χ3n) is 3.03. The largest absolute Gasteiger partial charge is 0.394 e. The highest BCUT2D eigenvalue weighted by atomic mass is 16.3. The van der Waals surface area contributed by atoms with Gasteiger partial charge in [0.2, 0.25) is 0 Å². The standard InChI is InChI=1S/C14H22N2O2/c1-14(2,3)8-11(9-15)13(18)16-7-5-4-6-12(16)10-17/h8,12,17H,4-7,10H2,1-3H3. The van der Waals surface area contributed by atoms with Crippen molar-refractivity contribution in [3.63, 3.8) is 0 Å². The Labute approximate surface area is 109 Å². The van der Waals surface area contributed by atoms with Gasteiger partial charge in [0.15, 0.2) is 0 Å². The van der Waals surface area contributed by atoms with Crippen molar-refractivity contribution >= 4 is 5.91 Å². The zero-order valence-corrected chi connectivity index (χ0v) is 11.4. The van der Waals surface area contributed by atoms with Crippen molar-refractivity contribution in [3.8, 4) is 6.07 Å². The van der Waals surface area contributed by atoms with Gasteiger partial charge < -0.3 is 10.0 Å². The van der Waals surface area contributed by atoms with Gasteiger partial charge in [-0.2, -0.15) is 5.26 Å². The summed E-state index contributed by atoms with van der Waals surface area (Å²) in [6, 6.07) is 1.85. The van der Waals surface area contributed by atoms with Gasteiger partial charge in [0.05, 0.1) is 12.6 Å². The van der Waals surface area contributed by atoms with Gasteiger partial charge in [0.25, 0.3) is 5.91 Å². The molecule has 0 aromatic carbocycles. The molecule has 1 fully saturated rings. The van der Waals surface area contributed by atoms with Gasteiger partial charge in [-0.05, 0) is 24.7 Å². The number of carbonyl (C=O) groups excluding carboxylic acids is 1. The van der Waals surface area contributed by atoms with Crippen LogP contribution in [0.2, 0.25) is 0 Å². The van der Waals surface area contributed by atoms with Crippen LogP contribution in [0.25, 0.3) is 0 Å². The second kappa shape index (κ2) is 6.01. The molecule has 0 spiro atoms. The first-order valence-corrected chi connectivity index (χ1v) is 6.44. The molecule has 1 aliphatic rings. The zero-order valence-electron chi connectivity index (χ0n) is 11.4. The van der Waals surface area contributed by atoms with E-state index >= 15 is 0 Å². The Hall–Kier alpha value is -1.34. The van der Waals surface area contributed by atoms with Crippen LogP contribution in [0.1, 0.15) is 40.0 Å². The number of hydrogen-bond acceptors (Lipinski definition) is 3. The number of amides is 1. The smallest absolute Gasteiger partial charge is 0.264 e. The molecule has 1 aliphatic heterocycles. The molecule has 0 bridgehead atoms. The molecule has 1 rings (SSSR count). The SMILES string of the molecule is CC(C)(C)C=C(C#N)C(=O)N1CCCCC1CO. The van der Waals surface area contributed by atoms with E-state index < -0.39 is 0 Å². The Kier molecular flexibility index (Phi) is 4.92. The van der Waals surface area contributed by atoms with E-state index in [9.17, 15) is 9.90 Å². The maximum absolute atomic E-state index is 12.3. The topological polar surface area (TPSA) is 64.3 Å². The maximum atomic E-state index is 12.3. The van der Waals surface area contributed by atoms with Crippen molar-refractivity contribution in [1.82, 2.24) is 4.90 Å². The fourth-order valence-corrected chi connectivity index (χ4v) is 2.19. The summed E-state index contributed by atoms with van der Waals surface area (Å²) in [6.45, 7) is 6.47. The molecule has 18 heavy (non-hydrogen) atoms. The van der Waals surface area contributed by atoms with Crippen molar-refractivity contribution in [2.24, 2.45) is 5.41 Å². The normalized spacial score (nSPS) is 21.6. The van der Waals surface area contributed by atoms with Gasteiger partial charge in [-0.3, -0.25) is 4.79 Å². The van der Waals surface area contributed by atoms with Gasteiger partial charge >= 0.3 is 0 Å². The van der Waals surface area contributed by atoms with Gasteiger partial charge in [-0.15, -0.1) is 0 Å². The number of aliphatic hydroxyl groups excluding tert-OH is 1. The summed E-state index contributed by atoms with van der Waals surface area (Å²) in [5, 5.41) is 18.4. The van der Waals surface area contributed by atoms with Gasteiger partial charge in [0.1, 0.15) is 11.6 Å². The zero-order chi connectivity index (χ0) is 13.8. The molecule has 1 heterocycles. The Morgan fingerprint density at radius 1 is 1.50 bits per heavy atom. The van der Waals surface area contributed by atoms with E-state index in [0.717, 1.165) is 19.3 Å². The predicted molar refractivity (Wildman–Crippen MR) is 69.6 cm³/mol. The predicted octanol–water partition coefficient (Wildman–Crippen LogP) is 1.86. The number of nitrogens with zero attached hydrogens (tertiary/aromatic N) is 2. The van der Waals surface area contributed by atoms with Crippen LogP contribution in [0.15, 0.2) is 11.6 Å². The minimum Gasteiger partial charge on any atom is -0.394 e. The van der Waals surface area contributed by atoms with Crippen molar-refractivity contribution in [3.05, 3.63) is 11.6 Å². The molecule has 100 valence electrons. The average molecular weight is 250 g/mol. The fraction of sp³-hybridized carbons (Fsp3) is 0.714. The lowest BCUT2D eigenvalue weighted by atomic mass is 9.92. The molecule has 0 aliphatic carbocycles. The van der Waals surface area contributed by atoms with Crippen LogP contribution in [0.4, 0.5) is 0 Å². The molecule has 1 saturated heterocycles. The molecule has 0 radical (unpaired) electrons. The van der Waals surface area contributed by atoms with E-state index in [2.05, 4.69) is 0 Å². The van der Waals surface area contributed by atoms with Gasteiger partial charge in [-0.1, -0.05) is 26.8 Å². The third kappa shape index (κ3) is 3.85. The van der Waals surface area contributed by atoms with Crippen molar-refractivity contribution in [2.75, 3.05) is 13.2 Å². The van der Waals surface area contributed by atoms with E-state index in [1.807, 2.05) is 26.8 Å². The molecule has 4 heteroatoms. The van der Waals surface area contributed by atoms with E-state index in [-0.39, 0.29) is 29.5 Å². The van der Waals surface area contributed by atoms with Crippen LogP contribution in [0, 0.1) is 16.7 Å². The van der Waals surface area contributed by atoms with E-state index in [0.29, 0.717) is 6.54 Å². The summed E-state index contributed by atoms with van der Waals surface area (Å²) in [6.07, 6.45) is 4.49. The summed E-state index contributed by atoms with van der Waals surface area (Å²) in [7, 11) is 0. The summed E-state index contributed by atoms with van der Waals surface area (Å²) >= 11 is 0. The van der Waals surface area contributed by atoms with Crippen LogP contribution in [-0.4, -0.2) is 35.1 Å². The highest BCUT2D eigenvalue weighted by molar-refractivity contribution is 5.97. The fourth-order valence-electron chi connectivity index (χ4n) is 2.19. The lowest BCUT2D eigenvalue weighted by Gasteiger charge is -2.34. The molecule has 0 aromatic rings. The lowest BCUT2D eigenvalue weighted by molar-refractivity contribution is -0.131. The molecular formula is C14H22N2O2. The molecule has 0 saturated carbocycles.